The van der Waals surface area contributed by atoms with E-state index in [0.29, 0.717) is 86.9 Å². The summed E-state index contributed by atoms with van der Waals surface area (Å²) in [6.45, 7) is 3.39. The number of aliphatic imine (C=N–C) groups is 2. The molecule has 4 bridgehead atoms. The largest absolute Gasteiger partial charge is 2.00 e. The second-order valence-electron chi connectivity index (χ2n) is 9.28. The van der Waals surface area contributed by atoms with Crippen molar-refractivity contribution >= 4 is 61.3 Å². The first-order valence-electron chi connectivity index (χ1n) is 14.3. The number of rotatable bonds is 0. The number of phenolic OH excluding ortho intramolecular Hbond substituents is 2. The molecule has 1 aliphatic rings. The first kappa shape index (κ1) is 46.6. The Morgan fingerprint density at radius 2 is 0.745 bits per heavy atom. The molecule has 0 saturated heterocycles. The van der Waals surface area contributed by atoms with Gasteiger partial charge in [0.05, 0.1) is 39.5 Å². The van der Waals surface area contributed by atoms with Crippen LogP contribution < -0.4 is 56.2 Å². The maximum Gasteiger partial charge on any atom is 2.00 e. The fraction of sp³-hybridized carbons (Fsp3) is 0.333. The van der Waals surface area contributed by atoms with Crippen LogP contribution in [0.3, 0.4) is 0 Å². The van der Waals surface area contributed by atoms with E-state index < -0.39 is 20.5 Å². The van der Waals surface area contributed by atoms with Crippen molar-refractivity contribution in [3.8, 4) is 34.5 Å². The molecule has 0 fully saturated rings. The normalized spacial score (nSPS) is 15.0. The quantitative estimate of drug-likeness (QED) is 0.199. The molecule has 18 nitrogen and oxygen atoms in total. The Balaban J connectivity index is 0.00000104. The molecule has 3 aromatic rings. The number of halogens is 2. The van der Waals surface area contributed by atoms with Gasteiger partial charge in [0, 0.05) is 23.6 Å². The molecule has 0 unspecified atom stereocenters. The maximum absolute atomic E-state index is 10.5. The predicted molar refractivity (Wildman–Crippen MR) is 157 cm³/mol. The van der Waals surface area contributed by atoms with Gasteiger partial charge in [-0.2, -0.15) is 0 Å². The van der Waals surface area contributed by atoms with Gasteiger partial charge < -0.3 is 38.6 Å². The van der Waals surface area contributed by atoms with Crippen molar-refractivity contribution in [2.75, 3.05) is 65.9 Å². The van der Waals surface area contributed by atoms with Gasteiger partial charge in [0.25, 0.3) is 0 Å². The molecular weight excluding hydrogens is 853 g/mol. The van der Waals surface area contributed by atoms with Crippen LogP contribution in [0.25, 0.3) is 0 Å². The van der Waals surface area contributed by atoms with E-state index in [4.69, 9.17) is 65.7 Å². The van der Waals surface area contributed by atoms with E-state index in [0.717, 1.165) is 0 Å². The van der Waals surface area contributed by atoms with Crippen molar-refractivity contribution < 1.29 is 96.4 Å². The number of hydrogen-bond donors (Lipinski definition) is 2. The Morgan fingerprint density at radius 3 is 1.08 bits per heavy atom. The monoisotopic (exact) mass is 886 g/mol. The number of aromatic hydroxyl groups is 2. The van der Waals surface area contributed by atoms with E-state index in [2.05, 4.69) is 9.98 Å². The standard InChI is InChI=1S/C30H34N2O8.Ba.2ClHO4/c33-29-23-5-3-9-27(29)39-19-15-35-13-17-37-25-7-1-2-8-26(25)38-18-14-36-16-20-40-28-10-4-6-24(30(28)34)22-32-12-11-31-21-23;;2*2-1(3,4)5/h1-10,21-22,33-34H,11-20H2;;2*(H,2,3,4,5)/q;+2;;/p-2. The van der Waals surface area contributed by atoms with E-state index in [9.17, 15) is 10.2 Å². The van der Waals surface area contributed by atoms with Gasteiger partial charge in [-0.05, 0) is 36.4 Å². The molecule has 0 amide bonds. The van der Waals surface area contributed by atoms with Crippen LogP contribution in [0.1, 0.15) is 11.1 Å². The zero-order valence-electron chi connectivity index (χ0n) is 27.0. The molecule has 276 valence electrons. The van der Waals surface area contributed by atoms with E-state index in [1.165, 1.54) is 0 Å². The summed E-state index contributed by atoms with van der Waals surface area (Å²) in [5.74, 6) is 1.94. The Bertz CT molecular complexity index is 1350. The molecule has 0 saturated carbocycles. The number of nitrogens with zero attached hydrogens (tertiary/aromatic N) is 2. The summed E-state index contributed by atoms with van der Waals surface area (Å²) in [5.41, 5.74) is 1.08. The van der Waals surface area contributed by atoms with Crippen LogP contribution in [0.2, 0.25) is 0 Å². The Morgan fingerprint density at radius 1 is 0.451 bits per heavy atom. The Labute approximate surface area is 337 Å². The first-order valence-corrected chi connectivity index (χ1v) is 16.8. The molecule has 3 aromatic carbocycles. The van der Waals surface area contributed by atoms with Gasteiger partial charge in [0.2, 0.25) is 0 Å². The van der Waals surface area contributed by atoms with Crippen LogP contribution in [0.15, 0.2) is 70.6 Å². The minimum Gasteiger partial charge on any atom is -0.504 e. The number of hydrogen-bond acceptors (Lipinski definition) is 18. The summed E-state index contributed by atoms with van der Waals surface area (Å²) >= 11 is 0. The molecule has 4 rings (SSSR count). The molecule has 0 radical (unpaired) electrons. The third-order valence-electron chi connectivity index (χ3n) is 5.67. The average Bonchev–Trinajstić information content (AvgIpc) is 3.03. The first-order chi connectivity index (χ1) is 23.7. The van der Waals surface area contributed by atoms with Gasteiger partial charge in [-0.15, -0.1) is 20.5 Å². The molecule has 0 spiro atoms. The van der Waals surface area contributed by atoms with E-state index >= 15 is 0 Å². The second-order valence-corrected chi connectivity index (χ2v) is 10.8. The summed E-state index contributed by atoms with van der Waals surface area (Å²) in [7, 11) is -9.89. The Hall–Kier alpha value is -2.45. The van der Waals surface area contributed by atoms with Crippen LogP contribution in [-0.4, -0.2) is 137 Å². The fourth-order valence-electron chi connectivity index (χ4n) is 3.70. The Kier molecular flexibility index (Phi) is 23.3. The minimum atomic E-state index is -4.94. The third-order valence-corrected chi connectivity index (χ3v) is 5.67. The smallest absolute Gasteiger partial charge is 0.504 e. The van der Waals surface area contributed by atoms with Crippen molar-refractivity contribution in [3.63, 3.8) is 0 Å². The molecule has 1 aliphatic heterocycles. The van der Waals surface area contributed by atoms with Crippen molar-refractivity contribution in [2.24, 2.45) is 9.98 Å². The van der Waals surface area contributed by atoms with Crippen LogP contribution in [0, 0.1) is 20.5 Å². The van der Waals surface area contributed by atoms with Crippen molar-refractivity contribution in [2.45, 2.75) is 0 Å². The maximum atomic E-state index is 10.5. The second kappa shape index (κ2) is 25.5. The molecule has 51 heavy (non-hydrogen) atoms. The summed E-state index contributed by atoms with van der Waals surface area (Å²) in [6, 6.07) is 17.8. The van der Waals surface area contributed by atoms with Crippen LogP contribution in [-0.2, 0) is 9.47 Å². The van der Waals surface area contributed by atoms with E-state index in [1.807, 2.05) is 24.3 Å². The number of fused-ring (bicyclic) bond motifs is 5. The average molecular weight is 887 g/mol. The van der Waals surface area contributed by atoms with E-state index in [1.54, 1.807) is 48.8 Å². The van der Waals surface area contributed by atoms with Crippen molar-refractivity contribution in [1.82, 2.24) is 0 Å². The topological polar surface area (TPSA) is 305 Å². The molecule has 21 heteroatoms. The predicted octanol–water partition coefficient (Wildman–Crippen LogP) is -5.99. The van der Waals surface area contributed by atoms with Crippen LogP contribution >= 0.6 is 0 Å². The molecule has 1 heterocycles. The molecule has 0 aliphatic carbocycles. The van der Waals surface area contributed by atoms with Gasteiger partial charge >= 0.3 is 48.9 Å². The number of phenols is 2. The van der Waals surface area contributed by atoms with Crippen LogP contribution in [0.4, 0.5) is 0 Å². The van der Waals surface area contributed by atoms with Crippen molar-refractivity contribution in [3.05, 3.63) is 71.8 Å². The fourth-order valence-corrected chi connectivity index (χ4v) is 3.70. The van der Waals surface area contributed by atoms with Gasteiger partial charge in [0.15, 0.2) is 34.5 Å². The number of para-hydroxylation sites is 4. The van der Waals surface area contributed by atoms with Gasteiger partial charge in [0.1, 0.15) is 26.4 Å². The van der Waals surface area contributed by atoms with Crippen molar-refractivity contribution in [1.29, 1.82) is 0 Å². The zero-order chi connectivity index (χ0) is 36.8. The molecule has 0 atom stereocenters. The summed E-state index contributed by atoms with van der Waals surface area (Å²) in [6.07, 6.45) is 3.16. The van der Waals surface area contributed by atoms with Gasteiger partial charge in [-0.1, -0.05) is 24.3 Å². The zero-order valence-corrected chi connectivity index (χ0v) is 32.9. The molecule has 0 aromatic heterocycles. The molecular formula is C30H34BaCl2N2O16. The number of ether oxygens (including phenoxy) is 6. The van der Waals surface area contributed by atoms with Gasteiger partial charge in [-0.25, -0.2) is 37.3 Å². The third kappa shape index (κ3) is 23.0. The number of benzene rings is 3. The van der Waals surface area contributed by atoms with E-state index in [-0.39, 0.29) is 73.6 Å². The minimum absolute atomic E-state index is 0. The van der Waals surface area contributed by atoms with Gasteiger partial charge in [-0.3, -0.25) is 9.98 Å². The summed E-state index contributed by atoms with van der Waals surface area (Å²) in [5, 5.41) is 21.1. The van der Waals surface area contributed by atoms with Crippen LogP contribution in [0.5, 0.6) is 34.5 Å². The summed E-state index contributed by atoms with van der Waals surface area (Å²) in [4.78, 5) is 8.67. The SMILES string of the molecule is Oc1c2cccc1OCCOCCOc1ccccc1OCCOCCOc1cccc(c1O)C=NCCN=C2.[Ba+2].[O-][Cl+3]([O-])([O-])[O-].[O-][Cl+3]([O-])([O-])[O-]. The molecule has 2 N–H and O–H groups in total. The summed E-state index contributed by atoms with van der Waals surface area (Å²) < 4.78 is 102.